The number of amides is 1. The predicted molar refractivity (Wildman–Crippen MR) is 69.8 cm³/mol. The van der Waals surface area contributed by atoms with Gasteiger partial charge in [-0.3, -0.25) is 9.36 Å². The minimum atomic E-state index is -0.630. The van der Waals surface area contributed by atoms with Crippen molar-refractivity contribution in [1.29, 1.82) is 0 Å². The number of carbonyl (C=O) groups is 1. The fourth-order valence-corrected chi connectivity index (χ4v) is 1.84. The number of terminal acetylenes is 1. The normalized spacial score (nSPS) is 10.1. The summed E-state index contributed by atoms with van der Waals surface area (Å²) in [6.45, 7) is 1.78. The van der Waals surface area contributed by atoms with Gasteiger partial charge >= 0.3 is 0 Å². The van der Waals surface area contributed by atoms with Crippen molar-refractivity contribution in [2.75, 3.05) is 0 Å². The Hall–Kier alpha value is -2.25. The van der Waals surface area contributed by atoms with Gasteiger partial charge in [0.1, 0.15) is 5.69 Å². The van der Waals surface area contributed by atoms with Gasteiger partial charge in [0.05, 0.1) is 5.69 Å². The third-order valence-electron chi connectivity index (χ3n) is 2.55. The van der Waals surface area contributed by atoms with Crippen LogP contribution in [0, 0.1) is 19.3 Å². The van der Waals surface area contributed by atoms with Crippen LogP contribution in [0.1, 0.15) is 22.0 Å². The number of aromatic nitrogens is 2. The van der Waals surface area contributed by atoms with Crippen molar-refractivity contribution in [3.05, 3.63) is 46.5 Å². The minimum absolute atomic E-state index is 0.114. The number of rotatable bonds is 2. The molecule has 0 radical (unpaired) electrons. The lowest BCUT2D eigenvalue weighted by atomic mass is 10.3. The summed E-state index contributed by atoms with van der Waals surface area (Å²) in [7, 11) is 0. The lowest BCUT2D eigenvalue weighted by Crippen LogP contribution is -2.17. The van der Waals surface area contributed by atoms with Crippen LogP contribution in [0.3, 0.4) is 0 Å². The summed E-state index contributed by atoms with van der Waals surface area (Å²) in [4.78, 5) is 15.4. The van der Waals surface area contributed by atoms with Gasteiger partial charge in [-0.05, 0) is 37.1 Å². The average molecular weight is 260 g/mol. The summed E-state index contributed by atoms with van der Waals surface area (Å²) in [5.41, 5.74) is 7.13. The van der Waals surface area contributed by atoms with Crippen LogP contribution in [0.4, 0.5) is 0 Å². The number of nitrogens with zero attached hydrogens (tertiary/aromatic N) is 2. The third kappa shape index (κ3) is 1.96. The van der Waals surface area contributed by atoms with Crippen LogP contribution < -0.4 is 5.73 Å². The molecule has 0 aliphatic heterocycles. The van der Waals surface area contributed by atoms with Gasteiger partial charge in [0, 0.05) is 10.7 Å². The van der Waals surface area contributed by atoms with Crippen molar-refractivity contribution in [2.24, 2.45) is 5.73 Å². The summed E-state index contributed by atoms with van der Waals surface area (Å²) >= 11 is 5.82. The van der Waals surface area contributed by atoms with Crippen molar-refractivity contribution in [1.82, 2.24) is 9.55 Å². The average Bonchev–Trinajstić information content (AvgIpc) is 2.68. The number of nitrogens with two attached hydrogens (primary N) is 1. The smallest absolute Gasteiger partial charge is 0.285 e. The van der Waals surface area contributed by atoms with Crippen LogP contribution in [0.15, 0.2) is 24.3 Å². The number of primary amides is 1. The summed E-state index contributed by atoms with van der Waals surface area (Å²) in [6.07, 6.45) is 5.34. The van der Waals surface area contributed by atoms with Gasteiger partial charge < -0.3 is 5.73 Å². The van der Waals surface area contributed by atoms with E-state index in [9.17, 15) is 4.79 Å². The molecule has 0 saturated carbocycles. The maximum atomic E-state index is 11.4. The highest BCUT2D eigenvalue weighted by Crippen LogP contribution is 2.19. The predicted octanol–water partition coefficient (Wildman–Crippen LogP) is 1.91. The molecule has 1 heterocycles. The third-order valence-corrected chi connectivity index (χ3v) is 2.80. The van der Waals surface area contributed by atoms with Crippen LogP contribution in [0.25, 0.3) is 5.69 Å². The molecule has 5 heteroatoms. The molecular weight excluding hydrogens is 250 g/mol. The molecule has 0 atom stereocenters. The first-order valence-corrected chi connectivity index (χ1v) is 5.54. The second-order valence-corrected chi connectivity index (χ2v) is 4.13. The highest BCUT2D eigenvalue weighted by atomic mass is 35.5. The standard InChI is InChI=1S/C13H10ClN3O/c1-3-11-8(2)17(13(16-11)12(15)18)10-6-4-9(14)5-7-10/h1,4-7H,2H3,(H2,15,18). The van der Waals surface area contributed by atoms with Gasteiger partial charge in [-0.1, -0.05) is 11.6 Å². The van der Waals surface area contributed by atoms with E-state index in [2.05, 4.69) is 10.9 Å². The zero-order chi connectivity index (χ0) is 13.3. The fraction of sp³-hybridized carbons (Fsp3) is 0.0769. The monoisotopic (exact) mass is 259 g/mol. The first-order valence-electron chi connectivity index (χ1n) is 5.16. The van der Waals surface area contributed by atoms with Crippen LogP contribution in [0.5, 0.6) is 0 Å². The van der Waals surface area contributed by atoms with Crippen molar-refractivity contribution in [2.45, 2.75) is 6.92 Å². The molecule has 0 saturated heterocycles. The molecule has 0 fully saturated rings. The van der Waals surface area contributed by atoms with Gasteiger partial charge in [-0.25, -0.2) is 4.98 Å². The van der Waals surface area contributed by atoms with E-state index >= 15 is 0 Å². The van der Waals surface area contributed by atoms with Crippen LogP contribution in [-0.4, -0.2) is 15.5 Å². The molecular formula is C13H10ClN3O. The number of imidazole rings is 1. The molecule has 2 rings (SSSR count). The van der Waals surface area contributed by atoms with Gasteiger partial charge in [0.2, 0.25) is 5.82 Å². The zero-order valence-electron chi connectivity index (χ0n) is 9.64. The first kappa shape index (κ1) is 12.2. The van der Waals surface area contributed by atoms with Gasteiger partial charge in [0.25, 0.3) is 5.91 Å². The highest BCUT2D eigenvalue weighted by molar-refractivity contribution is 6.30. The first-order chi connectivity index (χ1) is 8.54. The lowest BCUT2D eigenvalue weighted by molar-refractivity contribution is 0.0988. The second kappa shape index (κ2) is 4.55. The number of carbonyl (C=O) groups excluding carboxylic acids is 1. The van der Waals surface area contributed by atoms with E-state index in [1.807, 2.05) is 0 Å². The SMILES string of the molecule is C#Cc1nc(C(N)=O)n(-c2ccc(Cl)cc2)c1C. The lowest BCUT2D eigenvalue weighted by Gasteiger charge is -2.08. The Morgan fingerprint density at radius 3 is 2.56 bits per heavy atom. The summed E-state index contributed by atoms with van der Waals surface area (Å²) in [5, 5.41) is 0.606. The van der Waals surface area contributed by atoms with E-state index in [-0.39, 0.29) is 5.82 Å². The molecule has 90 valence electrons. The molecule has 0 unspecified atom stereocenters. The Morgan fingerprint density at radius 1 is 1.44 bits per heavy atom. The quantitative estimate of drug-likeness (QED) is 0.838. The van der Waals surface area contributed by atoms with Gasteiger partial charge in [-0.15, -0.1) is 6.42 Å². The van der Waals surface area contributed by atoms with Crippen LogP contribution >= 0.6 is 11.6 Å². The Bertz CT molecular complexity index is 650. The fourth-order valence-electron chi connectivity index (χ4n) is 1.71. The number of halogens is 1. The summed E-state index contributed by atoms with van der Waals surface area (Å²) in [6, 6.07) is 6.97. The molecule has 1 aromatic heterocycles. The zero-order valence-corrected chi connectivity index (χ0v) is 10.4. The Kier molecular flexibility index (Phi) is 3.09. The molecule has 2 aromatic rings. The van der Waals surface area contributed by atoms with E-state index in [0.717, 1.165) is 5.69 Å². The number of hydrogen-bond donors (Lipinski definition) is 1. The van der Waals surface area contributed by atoms with E-state index in [0.29, 0.717) is 16.4 Å². The highest BCUT2D eigenvalue weighted by Gasteiger charge is 2.17. The second-order valence-electron chi connectivity index (χ2n) is 3.69. The van der Waals surface area contributed by atoms with Gasteiger partial charge in [-0.2, -0.15) is 0 Å². The molecule has 18 heavy (non-hydrogen) atoms. The minimum Gasteiger partial charge on any atom is -0.363 e. The molecule has 1 aromatic carbocycles. The molecule has 0 bridgehead atoms. The largest absolute Gasteiger partial charge is 0.363 e. The van der Waals surface area contributed by atoms with E-state index in [4.69, 9.17) is 23.8 Å². The summed E-state index contributed by atoms with van der Waals surface area (Å²) < 4.78 is 1.62. The van der Waals surface area contributed by atoms with Crippen molar-refractivity contribution >= 4 is 17.5 Å². The maximum absolute atomic E-state index is 11.4. The number of benzene rings is 1. The Labute approximate surface area is 109 Å². The maximum Gasteiger partial charge on any atom is 0.285 e. The molecule has 0 aliphatic carbocycles. The van der Waals surface area contributed by atoms with Crippen molar-refractivity contribution in [3.63, 3.8) is 0 Å². The molecule has 1 amide bonds. The van der Waals surface area contributed by atoms with Gasteiger partial charge in [0.15, 0.2) is 0 Å². The molecule has 0 aliphatic rings. The van der Waals surface area contributed by atoms with Crippen molar-refractivity contribution in [3.8, 4) is 18.0 Å². The van der Waals surface area contributed by atoms with E-state index in [1.54, 1.807) is 35.8 Å². The number of hydrogen-bond acceptors (Lipinski definition) is 2. The Balaban J connectivity index is 2.70. The topological polar surface area (TPSA) is 60.9 Å². The Morgan fingerprint density at radius 2 is 2.06 bits per heavy atom. The van der Waals surface area contributed by atoms with Crippen molar-refractivity contribution < 1.29 is 4.79 Å². The molecule has 2 N–H and O–H groups in total. The van der Waals surface area contributed by atoms with Crippen LogP contribution in [-0.2, 0) is 0 Å². The van der Waals surface area contributed by atoms with E-state index in [1.165, 1.54) is 0 Å². The summed E-state index contributed by atoms with van der Waals surface area (Å²) in [5.74, 6) is 1.91. The molecule has 4 nitrogen and oxygen atoms in total. The van der Waals surface area contributed by atoms with Crippen LogP contribution in [0.2, 0.25) is 5.02 Å². The van der Waals surface area contributed by atoms with E-state index < -0.39 is 5.91 Å². The molecule has 0 spiro atoms.